The zero-order valence-electron chi connectivity index (χ0n) is 10.8. The first-order chi connectivity index (χ1) is 9.58. The number of nitrogen functional groups attached to an aromatic ring is 1. The molecule has 0 saturated carbocycles. The summed E-state index contributed by atoms with van der Waals surface area (Å²) >= 11 is 3.47. The lowest BCUT2D eigenvalue weighted by Gasteiger charge is -1.98. The lowest BCUT2D eigenvalue weighted by atomic mass is 10.1. The van der Waals surface area contributed by atoms with Crippen molar-refractivity contribution in [2.24, 2.45) is 0 Å². The smallest absolute Gasteiger partial charge is 0.230 e. The molecule has 0 saturated heterocycles. The Labute approximate surface area is 124 Å². The standard InChI is InChI=1S/C16H12BrNO2/c1-9-7-11(17)13-12(8-9)20-16(14(13)18)15(19)10-5-3-2-4-6-10/h2-8H,18H2,1H3. The van der Waals surface area contributed by atoms with Crippen LogP contribution in [0.25, 0.3) is 11.0 Å². The highest BCUT2D eigenvalue weighted by Crippen LogP contribution is 2.36. The van der Waals surface area contributed by atoms with Crippen LogP contribution in [0.4, 0.5) is 5.69 Å². The highest BCUT2D eigenvalue weighted by atomic mass is 79.9. The van der Waals surface area contributed by atoms with Crippen LogP contribution < -0.4 is 5.73 Å². The number of ketones is 1. The summed E-state index contributed by atoms with van der Waals surface area (Å²) < 4.78 is 6.51. The summed E-state index contributed by atoms with van der Waals surface area (Å²) in [6.45, 7) is 1.96. The van der Waals surface area contributed by atoms with Gasteiger partial charge < -0.3 is 10.2 Å². The van der Waals surface area contributed by atoms with Gasteiger partial charge in [-0.3, -0.25) is 4.79 Å². The van der Waals surface area contributed by atoms with Gasteiger partial charge in [0.15, 0.2) is 5.76 Å². The first-order valence-electron chi connectivity index (χ1n) is 6.16. The maximum Gasteiger partial charge on any atom is 0.230 e. The van der Waals surface area contributed by atoms with Gasteiger partial charge in [-0.1, -0.05) is 30.3 Å². The van der Waals surface area contributed by atoms with E-state index in [4.69, 9.17) is 10.2 Å². The minimum absolute atomic E-state index is 0.192. The fourth-order valence-electron chi connectivity index (χ4n) is 2.22. The van der Waals surface area contributed by atoms with Gasteiger partial charge in [0.25, 0.3) is 0 Å². The molecular weight excluding hydrogens is 318 g/mol. The van der Waals surface area contributed by atoms with Gasteiger partial charge in [0.05, 0.1) is 11.1 Å². The zero-order chi connectivity index (χ0) is 14.3. The average molecular weight is 330 g/mol. The summed E-state index contributed by atoms with van der Waals surface area (Å²) in [6, 6.07) is 12.8. The number of aryl methyl sites for hydroxylation is 1. The molecule has 2 aromatic carbocycles. The van der Waals surface area contributed by atoms with Crippen molar-refractivity contribution in [3.63, 3.8) is 0 Å². The van der Waals surface area contributed by atoms with Crippen molar-refractivity contribution in [2.75, 3.05) is 5.73 Å². The highest BCUT2D eigenvalue weighted by Gasteiger charge is 2.21. The second-order valence-electron chi connectivity index (χ2n) is 4.66. The molecule has 0 aliphatic heterocycles. The zero-order valence-corrected chi connectivity index (χ0v) is 12.4. The lowest BCUT2D eigenvalue weighted by molar-refractivity contribution is 0.101. The Hall–Kier alpha value is -2.07. The van der Waals surface area contributed by atoms with Crippen molar-refractivity contribution in [2.45, 2.75) is 6.92 Å². The van der Waals surface area contributed by atoms with Crippen molar-refractivity contribution in [1.29, 1.82) is 0 Å². The molecule has 4 heteroatoms. The van der Waals surface area contributed by atoms with Crippen molar-refractivity contribution >= 4 is 38.4 Å². The van der Waals surface area contributed by atoms with Gasteiger partial charge in [-0.15, -0.1) is 0 Å². The molecule has 20 heavy (non-hydrogen) atoms. The Morgan fingerprint density at radius 3 is 2.60 bits per heavy atom. The van der Waals surface area contributed by atoms with Crippen LogP contribution in [0, 0.1) is 6.92 Å². The minimum atomic E-state index is -0.205. The fraction of sp³-hybridized carbons (Fsp3) is 0.0625. The quantitative estimate of drug-likeness (QED) is 0.712. The molecule has 3 nitrogen and oxygen atoms in total. The summed E-state index contributed by atoms with van der Waals surface area (Å²) in [6.07, 6.45) is 0. The third-order valence-corrected chi connectivity index (χ3v) is 3.79. The van der Waals surface area contributed by atoms with Gasteiger partial charge in [-0.05, 0) is 40.5 Å². The predicted molar refractivity (Wildman–Crippen MR) is 82.9 cm³/mol. The molecule has 100 valence electrons. The van der Waals surface area contributed by atoms with E-state index in [1.54, 1.807) is 12.1 Å². The minimum Gasteiger partial charge on any atom is -0.450 e. The van der Waals surface area contributed by atoms with Crippen LogP contribution in [0.1, 0.15) is 21.7 Å². The average Bonchev–Trinajstić information content (AvgIpc) is 2.76. The van der Waals surface area contributed by atoms with Crippen LogP contribution in [0.15, 0.2) is 51.4 Å². The van der Waals surface area contributed by atoms with Crippen molar-refractivity contribution in [1.82, 2.24) is 0 Å². The van der Waals surface area contributed by atoms with Gasteiger partial charge in [-0.2, -0.15) is 0 Å². The number of benzene rings is 2. The lowest BCUT2D eigenvalue weighted by Crippen LogP contribution is -2.02. The van der Waals surface area contributed by atoms with Gasteiger partial charge >= 0.3 is 0 Å². The Kier molecular flexibility index (Phi) is 3.10. The Bertz CT molecular complexity index is 806. The highest BCUT2D eigenvalue weighted by molar-refractivity contribution is 9.10. The number of nitrogens with two attached hydrogens (primary N) is 1. The van der Waals surface area contributed by atoms with E-state index in [0.29, 0.717) is 16.8 Å². The van der Waals surface area contributed by atoms with Crippen LogP contribution in [0.2, 0.25) is 0 Å². The molecule has 0 radical (unpaired) electrons. The first-order valence-corrected chi connectivity index (χ1v) is 6.95. The fourth-order valence-corrected chi connectivity index (χ4v) is 2.99. The Balaban J connectivity index is 2.21. The molecule has 1 heterocycles. The van der Waals surface area contributed by atoms with Crippen LogP contribution in [0.5, 0.6) is 0 Å². The maximum atomic E-state index is 12.4. The van der Waals surface area contributed by atoms with E-state index in [-0.39, 0.29) is 11.5 Å². The van der Waals surface area contributed by atoms with Crippen molar-refractivity contribution < 1.29 is 9.21 Å². The maximum absolute atomic E-state index is 12.4. The Morgan fingerprint density at radius 2 is 1.90 bits per heavy atom. The summed E-state index contributed by atoms with van der Waals surface area (Å²) in [4.78, 5) is 12.4. The number of anilines is 1. The van der Waals surface area contributed by atoms with Crippen LogP contribution in [-0.2, 0) is 0 Å². The third kappa shape index (κ3) is 2.02. The molecule has 3 aromatic rings. The van der Waals surface area contributed by atoms with E-state index in [2.05, 4.69) is 15.9 Å². The van der Waals surface area contributed by atoms with E-state index < -0.39 is 0 Å². The van der Waals surface area contributed by atoms with Gasteiger partial charge in [0.1, 0.15) is 5.58 Å². The van der Waals surface area contributed by atoms with Crippen LogP contribution in [-0.4, -0.2) is 5.78 Å². The van der Waals surface area contributed by atoms with E-state index >= 15 is 0 Å². The van der Waals surface area contributed by atoms with Crippen molar-refractivity contribution in [3.05, 3.63) is 63.8 Å². The largest absolute Gasteiger partial charge is 0.450 e. The summed E-state index contributed by atoms with van der Waals surface area (Å²) in [5, 5.41) is 0.745. The number of halogens is 1. The monoisotopic (exact) mass is 329 g/mol. The number of rotatable bonds is 2. The van der Waals surface area contributed by atoms with E-state index in [1.165, 1.54) is 0 Å². The summed E-state index contributed by atoms with van der Waals surface area (Å²) in [5.74, 6) is -0.0126. The van der Waals surface area contributed by atoms with Gasteiger partial charge in [0, 0.05) is 10.0 Å². The molecule has 1 aromatic heterocycles. The van der Waals surface area contributed by atoms with Crippen LogP contribution >= 0.6 is 15.9 Å². The molecule has 2 N–H and O–H groups in total. The number of carbonyl (C=O) groups is 1. The Morgan fingerprint density at radius 1 is 1.20 bits per heavy atom. The summed E-state index contributed by atoms with van der Waals surface area (Å²) in [7, 11) is 0. The molecule has 0 spiro atoms. The second kappa shape index (κ2) is 4.80. The molecule has 0 aliphatic carbocycles. The SMILES string of the molecule is Cc1cc(Br)c2c(N)c(C(=O)c3ccccc3)oc2c1. The molecular formula is C16H12BrNO2. The number of hydrogen-bond donors (Lipinski definition) is 1. The molecule has 0 atom stereocenters. The van der Waals surface area contributed by atoms with Crippen molar-refractivity contribution in [3.8, 4) is 0 Å². The van der Waals surface area contributed by atoms with Gasteiger partial charge in [0.2, 0.25) is 5.78 Å². The number of hydrogen-bond acceptors (Lipinski definition) is 3. The molecule has 0 bridgehead atoms. The third-order valence-electron chi connectivity index (χ3n) is 3.17. The summed E-state index contributed by atoms with van der Waals surface area (Å²) in [5.41, 5.74) is 8.68. The number of furan rings is 1. The molecule has 0 unspecified atom stereocenters. The van der Waals surface area contributed by atoms with Gasteiger partial charge in [-0.25, -0.2) is 0 Å². The topological polar surface area (TPSA) is 56.2 Å². The van der Waals surface area contributed by atoms with E-state index in [9.17, 15) is 4.79 Å². The molecule has 0 fully saturated rings. The molecule has 3 rings (SSSR count). The second-order valence-corrected chi connectivity index (χ2v) is 5.51. The van der Waals surface area contributed by atoms with Crippen LogP contribution in [0.3, 0.4) is 0 Å². The van der Waals surface area contributed by atoms with E-state index in [0.717, 1.165) is 15.4 Å². The normalized spacial score (nSPS) is 10.9. The number of carbonyl (C=O) groups excluding carboxylic acids is 1. The first kappa shape index (κ1) is 12.9. The molecule has 0 amide bonds. The molecule has 0 aliphatic rings. The van der Waals surface area contributed by atoms with E-state index in [1.807, 2.05) is 37.3 Å². The number of fused-ring (bicyclic) bond motifs is 1. The predicted octanol–water partition coefficient (Wildman–Crippen LogP) is 4.32.